The normalized spacial score (nSPS) is 12.4. The Bertz CT molecular complexity index is 1300. The van der Waals surface area contributed by atoms with Crippen LogP contribution in [0.25, 0.3) is 10.2 Å². The van der Waals surface area contributed by atoms with Crippen molar-refractivity contribution in [3.63, 3.8) is 0 Å². The molecule has 1 unspecified atom stereocenters. The highest BCUT2D eigenvalue weighted by Crippen LogP contribution is 2.29. The zero-order chi connectivity index (χ0) is 23.7. The van der Waals surface area contributed by atoms with E-state index in [1.54, 1.807) is 13.0 Å². The molecule has 0 spiro atoms. The van der Waals surface area contributed by atoms with Crippen LogP contribution in [0.1, 0.15) is 37.9 Å². The van der Waals surface area contributed by atoms with E-state index in [2.05, 4.69) is 27.9 Å². The van der Waals surface area contributed by atoms with Gasteiger partial charge < -0.3 is 10.1 Å². The lowest BCUT2D eigenvalue weighted by Gasteiger charge is -2.19. The minimum absolute atomic E-state index is 0.129. The Morgan fingerprint density at radius 2 is 1.97 bits per heavy atom. The predicted octanol–water partition coefficient (Wildman–Crippen LogP) is 3.61. The molecule has 0 bridgehead atoms. The van der Waals surface area contributed by atoms with E-state index in [0.717, 1.165) is 13.0 Å². The summed E-state index contributed by atoms with van der Waals surface area (Å²) in [5.74, 6) is -0.283. The number of nitrogens with zero attached hydrogens (tertiary/aromatic N) is 2. The zero-order valence-electron chi connectivity index (χ0n) is 18.5. The molecule has 0 saturated heterocycles. The zero-order valence-corrected chi connectivity index (χ0v) is 21.5. The average Bonchev–Trinajstić information content (AvgIpc) is 3.02. The monoisotopic (exact) mass is 573 g/mol. The fourth-order valence-electron chi connectivity index (χ4n) is 3.57. The third-order valence-electron chi connectivity index (χ3n) is 5.23. The van der Waals surface area contributed by atoms with Crippen molar-refractivity contribution in [2.75, 3.05) is 7.11 Å². The smallest absolute Gasteiger partial charge is 0.332 e. The van der Waals surface area contributed by atoms with Gasteiger partial charge in [0, 0.05) is 12.6 Å². The third-order valence-corrected chi connectivity index (χ3v) is 7.80. The van der Waals surface area contributed by atoms with Crippen molar-refractivity contribution >= 4 is 50.1 Å². The molecule has 0 fully saturated rings. The maximum absolute atomic E-state index is 13.8. The molecule has 3 aromatic rings. The van der Waals surface area contributed by atoms with Gasteiger partial charge in [-0.05, 0) is 86.0 Å². The second-order valence-corrected chi connectivity index (χ2v) is 10.6. The second-order valence-electron chi connectivity index (χ2n) is 7.84. The first-order valence-electron chi connectivity index (χ1n) is 10.1. The number of carbonyl (C=O) groups excluding carboxylic acids is 1. The van der Waals surface area contributed by atoms with Gasteiger partial charge in [0.2, 0.25) is 5.91 Å². The summed E-state index contributed by atoms with van der Waals surface area (Å²) in [5.41, 5.74) is 0.339. The van der Waals surface area contributed by atoms with Crippen LogP contribution in [0.15, 0.2) is 27.8 Å². The van der Waals surface area contributed by atoms with Crippen molar-refractivity contribution in [3.05, 3.63) is 58.9 Å². The highest BCUT2D eigenvalue weighted by molar-refractivity contribution is 14.1. The van der Waals surface area contributed by atoms with Crippen LogP contribution in [0, 0.1) is 15.6 Å². The minimum Gasteiger partial charge on any atom is -0.496 e. The fraction of sp³-hybridized carbons (Fsp3) is 0.409. The molecule has 0 radical (unpaired) electrons. The van der Waals surface area contributed by atoms with Crippen molar-refractivity contribution in [2.24, 2.45) is 0 Å². The summed E-state index contributed by atoms with van der Waals surface area (Å²) in [6, 6.07) is 3.12. The number of aromatic nitrogens is 2. The quantitative estimate of drug-likeness (QED) is 0.438. The number of ether oxygens (including phenoxy) is 1. The number of aryl methyl sites for hydroxylation is 3. The molecular formula is C22H25FIN3O4S. The molecule has 2 heterocycles. The molecule has 2 aromatic heterocycles. The minimum atomic E-state index is -0.978. The van der Waals surface area contributed by atoms with Gasteiger partial charge in [-0.2, -0.15) is 0 Å². The van der Waals surface area contributed by atoms with E-state index in [1.165, 1.54) is 35.1 Å². The van der Waals surface area contributed by atoms with Gasteiger partial charge in [-0.3, -0.25) is 14.2 Å². The molecule has 7 nitrogen and oxygen atoms in total. The van der Waals surface area contributed by atoms with Crippen molar-refractivity contribution < 1.29 is 13.9 Å². The van der Waals surface area contributed by atoms with Crippen LogP contribution >= 0.6 is 33.9 Å². The number of nitrogens with one attached hydrogen (secondary N) is 1. The first-order chi connectivity index (χ1) is 15.1. The molecule has 3 rings (SSSR count). The van der Waals surface area contributed by atoms with Gasteiger partial charge in [-0.1, -0.05) is 0 Å². The summed E-state index contributed by atoms with van der Waals surface area (Å²) in [5, 5.41) is 3.18. The standard InChI is InChI=1S/C22H25FIN3O4S/c1-11(2)25-19(28)13(4)27-20(29)17-12(3)18(24)32-21(17)26(22(27)30)9-8-14-10-15(23)6-7-16(14)31-5/h6-7,10-11,13H,8-9H2,1-5H3,(H,25,28). The molecule has 0 aliphatic heterocycles. The number of rotatable bonds is 7. The molecule has 1 atom stereocenters. The Labute approximate surface area is 202 Å². The molecular weight excluding hydrogens is 548 g/mol. The van der Waals surface area contributed by atoms with E-state index in [1.807, 2.05) is 20.8 Å². The SMILES string of the molecule is COc1ccc(F)cc1CCn1c(=O)n(C(C)C(=O)NC(C)C)c(=O)c2c(C)c(I)sc21. The molecule has 1 aromatic carbocycles. The maximum Gasteiger partial charge on any atom is 0.332 e. The molecule has 32 heavy (non-hydrogen) atoms. The number of halogens is 2. The maximum atomic E-state index is 13.8. The molecule has 1 amide bonds. The fourth-order valence-corrected chi connectivity index (χ4v) is 5.52. The average molecular weight is 573 g/mol. The molecule has 10 heteroatoms. The van der Waals surface area contributed by atoms with Crippen LogP contribution in [-0.4, -0.2) is 28.2 Å². The van der Waals surface area contributed by atoms with Gasteiger partial charge in [-0.25, -0.2) is 13.8 Å². The van der Waals surface area contributed by atoms with Crippen LogP contribution in [0.5, 0.6) is 5.75 Å². The van der Waals surface area contributed by atoms with Gasteiger partial charge in [0.05, 0.1) is 15.4 Å². The highest BCUT2D eigenvalue weighted by atomic mass is 127. The Hall–Kier alpha value is -2.21. The number of benzene rings is 1. The van der Waals surface area contributed by atoms with Crippen LogP contribution in [0.4, 0.5) is 4.39 Å². The van der Waals surface area contributed by atoms with Gasteiger partial charge >= 0.3 is 5.69 Å². The van der Waals surface area contributed by atoms with E-state index < -0.39 is 29.0 Å². The van der Waals surface area contributed by atoms with Crippen LogP contribution < -0.4 is 21.3 Å². The first-order valence-corrected chi connectivity index (χ1v) is 12.0. The first kappa shape index (κ1) is 24.4. The van der Waals surface area contributed by atoms with Crippen molar-refractivity contribution in [1.29, 1.82) is 0 Å². The summed E-state index contributed by atoms with van der Waals surface area (Å²) in [7, 11) is 1.50. The van der Waals surface area contributed by atoms with Crippen molar-refractivity contribution in [1.82, 2.24) is 14.5 Å². The topological polar surface area (TPSA) is 82.3 Å². The Morgan fingerprint density at radius 3 is 2.59 bits per heavy atom. The lowest BCUT2D eigenvalue weighted by atomic mass is 10.1. The lowest BCUT2D eigenvalue weighted by Crippen LogP contribution is -2.47. The number of hydrogen-bond acceptors (Lipinski definition) is 5. The molecule has 0 aliphatic rings. The third kappa shape index (κ3) is 4.61. The summed E-state index contributed by atoms with van der Waals surface area (Å²) in [6.07, 6.45) is 0.314. The van der Waals surface area contributed by atoms with E-state index in [4.69, 9.17) is 4.74 Å². The van der Waals surface area contributed by atoms with Gasteiger partial charge in [0.1, 0.15) is 22.4 Å². The van der Waals surface area contributed by atoms with Crippen LogP contribution in [0.3, 0.4) is 0 Å². The van der Waals surface area contributed by atoms with Gasteiger partial charge in [0.15, 0.2) is 0 Å². The number of hydrogen-bond donors (Lipinski definition) is 1. The molecule has 0 aliphatic carbocycles. The van der Waals surface area contributed by atoms with Crippen LogP contribution in [-0.2, 0) is 17.8 Å². The summed E-state index contributed by atoms with van der Waals surface area (Å²) < 4.78 is 22.5. The Kier molecular flexibility index (Phi) is 7.43. The van der Waals surface area contributed by atoms with E-state index >= 15 is 0 Å². The second kappa shape index (κ2) is 9.74. The highest BCUT2D eigenvalue weighted by Gasteiger charge is 2.25. The van der Waals surface area contributed by atoms with Gasteiger partial charge in [0.25, 0.3) is 5.56 Å². The number of fused-ring (bicyclic) bond motifs is 1. The molecule has 172 valence electrons. The molecule has 1 N–H and O–H groups in total. The lowest BCUT2D eigenvalue weighted by molar-refractivity contribution is -0.124. The van der Waals surface area contributed by atoms with E-state index in [-0.39, 0.29) is 12.6 Å². The summed E-state index contributed by atoms with van der Waals surface area (Å²) in [6.45, 7) is 7.19. The number of carbonyl (C=O) groups is 1. The number of thiophene rings is 1. The van der Waals surface area contributed by atoms with Crippen LogP contribution in [0.2, 0.25) is 0 Å². The largest absolute Gasteiger partial charge is 0.496 e. The summed E-state index contributed by atoms with van der Waals surface area (Å²) in [4.78, 5) is 39.9. The van der Waals surface area contributed by atoms with Crippen molar-refractivity contribution in [2.45, 2.75) is 52.7 Å². The van der Waals surface area contributed by atoms with E-state index in [9.17, 15) is 18.8 Å². The predicted molar refractivity (Wildman–Crippen MR) is 132 cm³/mol. The van der Waals surface area contributed by atoms with Crippen molar-refractivity contribution in [3.8, 4) is 5.75 Å². The van der Waals surface area contributed by atoms with E-state index in [0.29, 0.717) is 28.0 Å². The Morgan fingerprint density at radius 1 is 1.28 bits per heavy atom. The van der Waals surface area contributed by atoms with Gasteiger partial charge in [-0.15, -0.1) is 11.3 Å². The Balaban J connectivity index is 2.17. The summed E-state index contributed by atoms with van der Waals surface area (Å²) >= 11 is 3.49. The number of amides is 1. The number of methoxy groups -OCH3 is 1. The molecule has 0 saturated carbocycles.